The largest absolute Gasteiger partial charge is 0.351 e. The zero-order chi connectivity index (χ0) is 15.9. The van der Waals surface area contributed by atoms with Gasteiger partial charge in [-0.15, -0.1) is 10.2 Å². The van der Waals surface area contributed by atoms with E-state index in [1.807, 2.05) is 38.1 Å². The highest BCUT2D eigenvalue weighted by Crippen LogP contribution is 2.15. The van der Waals surface area contributed by atoms with Gasteiger partial charge in [-0.05, 0) is 24.6 Å². The number of rotatable bonds is 6. The van der Waals surface area contributed by atoms with Crippen LogP contribution in [-0.2, 0) is 11.3 Å². The van der Waals surface area contributed by atoms with Gasteiger partial charge in [-0.1, -0.05) is 44.2 Å². The lowest BCUT2D eigenvalue weighted by atomic mass is 10.2. The minimum atomic E-state index is -0.0771. The van der Waals surface area contributed by atoms with E-state index in [9.17, 15) is 4.79 Å². The Balaban J connectivity index is 2.06. The van der Waals surface area contributed by atoms with E-state index in [4.69, 9.17) is 0 Å². The van der Waals surface area contributed by atoms with Crippen LogP contribution in [0.2, 0.25) is 0 Å². The summed E-state index contributed by atoms with van der Waals surface area (Å²) in [5.74, 6) is 1.15. The number of hydrogen-bond acceptors (Lipinski definition) is 4. The second-order valence-corrected chi connectivity index (χ2v) is 5.42. The van der Waals surface area contributed by atoms with Gasteiger partial charge in [0.25, 0.3) is 0 Å². The molecule has 0 spiro atoms. The van der Waals surface area contributed by atoms with Crippen molar-refractivity contribution in [2.45, 2.75) is 27.3 Å². The molecule has 0 saturated heterocycles. The predicted octanol–water partition coefficient (Wildman–Crippen LogP) is 3.10. The van der Waals surface area contributed by atoms with Gasteiger partial charge in [-0.3, -0.25) is 4.79 Å². The number of aromatic nitrogens is 2. The second-order valence-electron chi connectivity index (χ2n) is 5.42. The third kappa shape index (κ3) is 4.28. The zero-order valence-electron chi connectivity index (χ0n) is 13.3. The van der Waals surface area contributed by atoms with Gasteiger partial charge in [-0.2, -0.15) is 0 Å². The third-order valence-corrected chi connectivity index (χ3v) is 3.35. The fourth-order valence-corrected chi connectivity index (χ4v) is 1.99. The first-order chi connectivity index (χ1) is 10.6. The predicted molar refractivity (Wildman–Crippen MR) is 88.7 cm³/mol. The van der Waals surface area contributed by atoms with Crippen LogP contribution in [0.5, 0.6) is 0 Å². The van der Waals surface area contributed by atoms with Gasteiger partial charge in [0.15, 0.2) is 11.6 Å². The highest BCUT2D eigenvalue weighted by Gasteiger charge is 2.10. The van der Waals surface area contributed by atoms with Crippen molar-refractivity contribution in [3.05, 3.63) is 48.0 Å². The molecule has 1 amide bonds. The van der Waals surface area contributed by atoms with E-state index in [-0.39, 0.29) is 11.8 Å². The summed E-state index contributed by atoms with van der Waals surface area (Å²) in [6, 6.07) is 13.9. The molecule has 116 valence electrons. The zero-order valence-corrected chi connectivity index (χ0v) is 13.3. The molecule has 5 heteroatoms. The van der Waals surface area contributed by atoms with Crippen LogP contribution in [0.1, 0.15) is 26.3 Å². The normalized spacial score (nSPS) is 10.5. The fourth-order valence-electron chi connectivity index (χ4n) is 1.99. The van der Waals surface area contributed by atoms with Crippen molar-refractivity contribution in [3.63, 3.8) is 0 Å². The minimum absolute atomic E-state index is 0.0568. The monoisotopic (exact) mass is 298 g/mol. The van der Waals surface area contributed by atoms with Crippen LogP contribution in [0.4, 0.5) is 11.6 Å². The number of hydrogen-bond donors (Lipinski definition) is 1. The first kappa shape index (κ1) is 15.9. The van der Waals surface area contributed by atoms with Crippen LogP contribution in [0, 0.1) is 5.92 Å². The molecule has 1 aromatic heterocycles. The van der Waals surface area contributed by atoms with Crippen molar-refractivity contribution in [1.82, 2.24) is 10.2 Å². The molecule has 2 rings (SSSR count). The van der Waals surface area contributed by atoms with Gasteiger partial charge < -0.3 is 10.2 Å². The van der Waals surface area contributed by atoms with Crippen LogP contribution in [-0.4, -0.2) is 22.6 Å². The highest BCUT2D eigenvalue weighted by atomic mass is 16.1. The Hall–Kier alpha value is -2.43. The van der Waals surface area contributed by atoms with Gasteiger partial charge in [0, 0.05) is 19.0 Å². The van der Waals surface area contributed by atoms with Gasteiger partial charge in [0.2, 0.25) is 5.91 Å². The summed E-state index contributed by atoms with van der Waals surface area (Å²) in [5, 5.41) is 11.1. The standard InChI is InChI=1S/C17H22N4O/c1-4-21(12-14-8-6-5-7-9-14)16-11-10-15(19-20-16)18-17(22)13(2)3/h5-11,13H,4,12H2,1-3H3,(H,18,19,22). The maximum atomic E-state index is 11.6. The molecule has 0 unspecified atom stereocenters. The maximum absolute atomic E-state index is 11.6. The second kappa shape index (κ2) is 7.54. The fraction of sp³-hybridized carbons (Fsp3) is 0.353. The highest BCUT2D eigenvalue weighted by molar-refractivity contribution is 5.91. The number of nitrogens with zero attached hydrogens (tertiary/aromatic N) is 3. The van der Waals surface area contributed by atoms with Crippen molar-refractivity contribution < 1.29 is 4.79 Å². The molecule has 1 aromatic carbocycles. The van der Waals surface area contributed by atoms with Crippen molar-refractivity contribution in [2.24, 2.45) is 5.92 Å². The van der Waals surface area contributed by atoms with E-state index in [1.54, 1.807) is 6.07 Å². The van der Waals surface area contributed by atoms with Crippen molar-refractivity contribution in [1.29, 1.82) is 0 Å². The summed E-state index contributed by atoms with van der Waals surface area (Å²) in [6.07, 6.45) is 0. The molecule has 2 aromatic rings. The Labute approximate surface area is 131 Å². The first-order valence-electron chi connectivity index (χ1n) is 7.53. The van der Waals surface area contributed by atoms with Crippen LogP contribution >= 0.6 is 0 Å². The van der Waals surface area contributed by atoms with E-state index in [0.717, 1.165) is 18.9 Å². The molecular weight excluding hydrogens is 276 g/mol. The maximum Gasteiger partial charge on any atom is 0.228 e. The van der Waals surface area contributed by atoms with Crippen LogP contribution in [0.25, 0.3) is 0 Å². The number of nitrogens with one attached hydrogen (secondary N) is 1. The summed E-state index contributed by atoms with van der Waals surface area (Å²) in [5.41, 5.74) is 1.23. The number of anilines is 2. The summed E-state index contributed by atoms with van der Waals surface area (Å²) < 4.78 is 0. The number of amides is 1. The quantitative estimate of drug-likeness (QED) is 0.890. The average molecular weight is 298 g/mol. The first-order valence-corrected chi connectivity index (χ1v) is 7.53. The smallest absolute Gasteiger partial charge is 0.228 e. The molecule has 0 aliphatic rings. The lowest BCUT2D eigenvalue weighted by molar-refractivity contribution is -0.118. The van der Waals surface area contributed by atoms with Crippen LogP contribution in [0.3, 0.4) is 0 Å². The molecule has 1 N–H and O–H groups in total. The number of carbonyl (C=O) groups is 1. The Bertz CT molecular complexity index is 596. The molecule has 0 aliphatic carbocycles. The van der Waals surface area contributed by atoms with Gasteiger partial charge in [0.1, 0.15) is 0 Å². The Morgan fingerprint density at radius 3 is 2.41 bits per heavy atom. The molecule has 22 heavy (non-hydrogen) atoms. The van der Waals surface area contributed by atoms with E-state index < -0.39 is 0 Å². The van der Waals surface area contributed by atoms with Crippen molar-refractivity contribution in [3.8, 4) is 0 Å². The molecule has 1 heterocycles. The molecular formula is C17H22N4O. The molecule has 0 saturated carbocycles. The Morgan fingerprint density at radius 2 is 1.86 bits per heavy atom. The number of benzene rings is 1. The number of carbonyl (C=O) groups excluding carboxylic acids is 1. The van der Waals surface area contributed by atoms with E-state index in [0.29, 0.717) is 5.82 Å². The molecule has 0 aliphatic heterocycles. The summed E-state index contributed by atoms with van der Waals surface area (Å²) in [4.78, 5) is 13.8. The van der Waals surface area contributed by atoms with Crippen LogP contribution in [0.15, 0.2) is 42.5 Å². The van der Waals surface area contributed by atoms with E-state index >= 15 is 0 Å². The Morgan fingerprint density at radius 1 is 1.14 bits per heavy atom. The van der Waals surface area contributed by atoms with Gasteiger partial charge >= 0.3 is 0 Å². The SMILES string of the molecule is CCN(Cc1ccccc1)c1ccc(NC(=O)C(C)C)nn1. The lowest BCUT2D eigenvalue weighted by Crippen LogP contribution is -2.24. The summed E-state index contributed by atoms with van der Waals surface area (Å²) in [6.45, 7) is 7.38. The van der Waals surface area contributed by atoms with E-state index in [2.05, 4.69) is 39.5 Å². The van der Waals surface area contributed by atoms with Crippen molar-refractivity contribution >= 4 is 17.5 Å². The Kier molecular flexibility index (Phi) is 5.47. The molecule has 0 bridgehead atoms. The van der Waals surface area contributed by atoms with Gasteiger partial charge in [-0.25, -0.2) is 0 Å². The lowest BCUT2D eigenvalue weighted by Gasteiger charge is -2.21. The summed E-state index contributed by atoms with van der Waals surface area (Å²) in [7, 11) is 0. The van der Waals surface area contributed by atoms with E-state index in [1.165, 1.54) is 5.56 Å². The van der Waals surface area contributed by atoms with Crippen LogP contribution < -0.4 is 10.2 Å². The van der Waals surface area contributed by atoms with Crippen molar-refractivity contribution in [2.75, 3.05) is 16.8 Å². The topological polar surface area (TPSA) is 58.1 Å². The average Bonchev–Trinajstić information content (AvgIpc) is 2.54. The molecule has 0 atom stereocenters. The molecule has 0 fully saturated rings. The minimum Gasteiger partial charge on any atom is -0.351 e. The molecule has 5 nitrogen and oxygen atoms in total. The summed E-state index contributed by atoms with van der Waals surface area (Å²) >= 11 is 0. The molecule has 0 radical (unpaired) electrons. The van der Waals surface area contributed by atoms with Gasteiger partial charge in [0.05, 0.1) is 0 Å². The third-order valence-electron chi connectivity index (χ3n) is 3.35.